The van der Waals surface area contributed by atoms with Crippen LogP contribution in [0.1, 0.15) is 151 Å². The van der Waals surface area contributed by atoms with E-state index in [-0.39, 0.29) is 5.91 Å². The number of carbonyl (C=O) groups excluding carboxylic acids is 1. The van der Waals surface area contributed by atoms with E-state index in [2.05, 4.69) is 41.1 Å². The smallest absolute Gasteiger partial charge is 0.251 e. The van der Waals surface area contributed by atoms with Gasteiger partial charge in [-0.2, -0.15) is 0 Å². The molecule has 2 aromatic carbocycles. The molecule has 0 bridgehead atoms. The van der Waals surface area contributed by atoms with Crippen LogP contribution >= 0.6 is 0 Å². The number of carbonyl (C=O) groups is 1. The first kappa shape index (κ1) is 33.9. The number of para-hydroxylation sites is 2. The van der Waals surface area contributed by atoms with Gasteiger partial charge in [-0.3, -0.25) is 4.79 Å². The summed E-state index contributed by atoms with van der Waals surface area (Å²) in [4.78, 5) is 17.3. The van der Waals surface area contributed by atoms with Gasteiger partial charge in [0.15, 0.2) is 0 Å². The molecule has 0 aliphatic rings. The Hall–Kier alpha value is -2.62. The van der Waals surface area contributed by atoms with Gasteiger partial charge in [-0.05, 0) is 50.5 Å². The third-order valence-corrected chi connectivity index (χ3v) is 8.65. The molecule has 0 fully saturated rings. The lowest BCUT2D eigenvalue weighted by molar-refractivity contribution is 0.0953. The van der Waals surface area contributed by atoms with E-state index in [1.807, 2.05) is 31.2 Å². The standard InChI is InChI=1S/C38H59N3O/c1-3-4-5-6-7-8-9-10-11-12-13-14-15-16-17-23-32-41-36-25-21-20-24-35(36)40-37(41)26-19-18-22-31-39-38(42)34-29-27-33(2)28-30-34/h20-21,24-25,27-30H,3-19,22-23,26,31-32H2,1-2H3,(H,39,42). The minimum Gasteiger partial charge on any atom is -0.352 e. The Morgan fingerprint density at radius 2 is 1.21 bits per heavy atom. The van der Waals surface area contributed by atoms with E-state index in [0.717, 1.165) is 49.9 Å². The number of aryl methyl sites for hydroxylation is 3. The first-order chi connectivity index (χ1) is 20.7. The Morgan fingerprint density at radius 1 is 0.667 bits per heavy atom. The average Bonchev–Trinajstić information content (AvgIpc) is 3.36. The minimum atomic E-state index is 0.0237. The molecule has 232 valence electrons. The maximum atomic E-state index is 12.3. The van der Waals surface area contributed by atoms with Crippen LogP contribution in [-0.2, 0) is 13.0 Å². The zero-order valence-corrected chi connectivity index (χ0v) is 27.0. The lowest BCUT2D eigenvalue weighted by Crippen LogP contribution is -2.24. The van der Waals surface area contributed by atoms with Gasteiger partial charge in [0, 0.05) is 25.1 Å². The van der Waals surface area contributed by atoms with Crippen LogP contribution in [0.3, 0.4) is 0 Å². The first-order valence-electron chi connectivity index (χ1n) is 17.5. The number of nitrogens with one attached hydrogen (secondary N) is 1. The Morgan fingerprint density at radius 3 is 1.83 bits per heavy atom. The molecule has 1 heterocycles. The van der Waals surface area contributed by atoms with Crippen molar-refractivity contribution in [1.82, 2.24) is 14.9 Å². The van der Waals surface area contributed by atoms with Crippen molar-refractivity contribution in [1.29, 1.82) is 0 Å². The fourth-order valence-corrected chi connectivity index (χ4v) is 5.98. The molecule has 0 saturated carbocycles. The fraction of sp³-hybridized carbons (Fsp3) is 0.632. The molecule has 4 heteroatoms. The Bertz CT molecular complexity index is 1120. The minimum absolute atomic E-state index is 0.0237. The van der Waals surface area contributed by atoms with Gasteiger partial charge >= 0.3 is 0 Å². The zero-order valence-electron chi connectivity index (χ0n) is 27.0. The number of amides is 1. The molecular weight excluding hydrogens is 514 g/mol. The van der Waals surface area contributed by atoms with Crippen molar-refractivity contribution >= 4 is 16.9 Å². The van der Waals surface area contributed by atoms with Crippen molar-refractivity contribution < 1.29 is 4.79 Å². The van der Waals surface area contributed by atoms with E-state index >= 15 is 0 Å². The highest BCUT2D eigenvalue weighted by Gasteiger charge is 2.10. The Labute approximate surface area is 257 Å². The van der Waals surface area contributed by atoms with Gasteiger partial charge in [-0.15, -0.1) is 0 Å². The lowest BCUT2D eigenvalue weighted by Gasteiger charge is -2.10. The van der Waals surface area contributed by atoms with Gasteiger partial charge in [-0.1, -0.05) is 139 Å². The van der Waals surface area contributed by atoms with Crippen molar-refractivity contribution in [3.63, 3.8) is 0 Å². The Balaban J connectivity index is 1.24. The van der Waals surface area contributed by atoms with Crippen LogP contribution in [0.4, 0.5) is 0 Å². The van der Waals surface area contributed by atoms with Crippen molar-refractivity contribution in [2.24, 2.45) is 0 Å². The summed E-state index contributed by atoms with van der Waals surface area (Å²) in [5, 5.41) is 3.06. The molecule has 0 spiro atoms. The van der Waals surface area contributed by atoms with E-state index in [1.54, 1.807) is 0 Å². The lowest BCUT2D eigenvalue weighted by atomic mass is 10.0. The number of rotatable bonds is 24. The molecular formula is C38H59N3O. The second-order valence-corrected chi connectivity index (χ2v) is 12.4. The Kier molecular flexibility index (Phi) is 17.0. The third kappa shape index (κ3) is 13.1. The molecule has 4 nitrogen and oxygen atoms in total. The summed E-state index contributed by atoms with van der Waals surface area (Å²) in [6, 6.07) is 16.4. The van der Waals surface area contributed by atoms with E-state index in [1.165, 1.54) is 120 Å². The number of fused-ring (bicyclic) bond motifs is 1. The van der Waals surface area contributed by atoms with Gasteiger partial charge in [-0.25, -0.2) is 4.98 Å². The van der Waals surface area contributed by atoms with Gasteiger partial charge in [0.2, 0.25) is 0 Å². The monoisotopic (exact) mass is 573 g/mol. The number of benzene rings is 2. The van der Waals surface area contributed by atoms with Crippen LogP contribution in [0.2, 0.25) is 0 Å². The van der Waals surface area contributed by atoms with Gasteiger partial charge in [0.1, 0.15) is 5.82 Å². The summed E-state index contributed by atoms with van der Waals surface area (Å²) in [5.41, 5.74) is 4.31. The molecule has 42 heavy (non-hydrogen) atoms. The van der Waals surface area contributed by atoms with Crippen LogP contribution in [0, 0.1) is 6.92 Å². The summed E-state index contributed by atoms with van der Waals surface area (Å²) in [6.45, 7) is 6.13. The highest BCUT2D eigenvalue weighted by atomic mass is 16.1. The quantitative estimate of drug-likeness (QED) is 0.108. The van der Waals surface area contributed by atoms with Crippen LogP contribution < -0.4 is 5.32 Å². The van der Waals surface area contributed by atoms with Gasteiger partial charge in [0.25, 0.3) is 5.91 Å². The highest BCUT2D eigenvalue weighted by Crippen LogP contribution is 2.20. The summed E-state index contributed by atoms with van der Waals surface area (Å²) >= 11 is 0. The van der Waals surface area contributed by atoms with Crippen molar-refractivity contribution in [2.45, 2.75) is 149 Å². The molecule has 1 aromatic heterocycles. The second kappa shape index (κ2) is 21.1. The maximum Gasteiger partial charge on any atom is 0.251 e. The number of nitrogens with zero attached hydrogens (tertiary/aromatic N) is 2. The molecule has 3 rings (SSSR count). The second-order valence-electron chi connectivity index (χ2n) is 12.4. The molecule has 1 amide bonds. The number of hydrogen-bond donors (Lipinski definition) is 1. The van der Waals surface area contributed by atoms with Crippen LogP contribution in [-0.4, -0.2) is 22.0 Å². The van der Waals surface area contributed by atoms with E-state index in [9.17, 15) is 4.79 Å². The average molecular weight is 574 g/mol. The molecule has 0 aliphatic carbocycles. The van der Waals surface area contributed by atoms with Crippen LogP contribution in [0.5, 0.6) is 0 Å². The normalized spacial score (nSPS) is 11.4. The number of hydrogen-bond acceptors (Lipinski definition) is 2. The summed E-state index contributed by atoms with van der Waals surface area (Å²) in [5.74, 6) is 1.25. The molecule has 0 aliphatic heterocycles. The summed E-state index contributed by atoms with van der Waals surface area (Å²) in [7, 11) is 0. The van der Waals surface area contributed by atoms with Crippen LogP contribution in [0.25, 0.3) is 11.0 Å². The highest BCUT2D eigenvalue weighted by molar-refractivity contribution is 5.94. The van der Waals surface area contributed by atoms with Crippen LogP contribution in [0.15, 0.2) is 48.5 Å². The maximum absolute atomic E-state index is 12.3. The number of imidazole rings is 1. The van der Waals surface area contributed by atoms with E-state index in [4.69, 9.17) is 4.98 Å². The topological polar surface area (TPSA) is 46.9 Å². The molecule has 1 N–H and O–H groups in total. The number of aromatic nitrogens is 2. The van der Waals surface area contributed by atoms with E-state index < -0.39 is 0 Å². The molecule has 0 unspecified atom stereocenters. The third-order valence-electron chi connectivity index (χ3n) is 8.65. The summed E-state index contributed by atoms with van der Waals surface area (Å²) < 4.78 is 2.47. The van der Waals surface area contributed by atoms with Crippen molar-refractivity contribution in [3.8, 4) is 0 Å². The predicted octanol–water partition coefficient (Wildman–Crippen LogP) is 10.7. The largest absolute Gasteiger partial charge is 0.352 e. The SMILES string of the molecule is CCCCCCCCCCCCCCCCCCn1c(CCCCCNC(=O)c2ccc(C)cc2)nc2ccccc21. The predicted molar refractivity (Wildman–Crippen MR) is 180 cm³/mol. The van der Waals surface area contributed by atoms with Crippen molar-refractivity contribution in [3.05, 3.63) is 65.5 Å². The molecule has 3 aromatic rings. The van der Waals surface area contributed by atoms with Crippen molar-refractivity contribution in [2.75, 3.05) is 6.54 Å². The van der Waals surface area contributed by atoms with Gasteiger partial charge in [0.05, 0.1) is 11.0 Å². The number of unbranched alkanes of at least 4 members (excludes halogenated alkanes) is 17. The fourth-order valence-electron chi connectivity index (χ4n) is 5.98. The molecule has 0 radical (unpaired) electrons. The molecule has 0 atom stereocenters. The first-order valence-corrected chi connectivity index (χ1v) is 17.5. The summed E-state index contributed by atoms with van der Waals surface area (Å²) in [6.07, 6.45) is 26.6. The molecule has 0 saturated heterocycles. The van der Waals surface area contributed by atoms with E-state index in [0.29, 0.717) is 0 Å². The van der Waals surface area contributed by atoms with Gasteiger partial charge < -0.3 is 9.88 Å². The zero-order chi connectivity index (χ0) is 29.7.